The van der Waals surface area contributed by atoms with Crippen LogP contribution in [0.1, 0.15) is 5.56 Å². The van der Waals surface area contributed by atoms with Crippen molar-refractivity contribution in [3.8, 4) is 5.69 Å². The van der Waals surface area contributed by atoms with E-state index in [1.165, 1.54) is 0 Å². The molecule has 1 aromatic carbocycles. The van der Waals surface area contributed by atoms with Gasteiger partial charge in [-0.05, 0) is 5.56 Å². The van der Waals surface area contributed by atoms with Crippen LogP contribution < -0.4 is 19.3 Å². The van der Waals surface area contributed by atoms with E-state index in [0.29, 0.717) is 5.56 Å². The maximum absolute atomic E-state index is 10.3. The third-order valence-corrected chi connectivity index (χ3v) is 3.69. The van der Waals surface area contributed by atoms with Crippen molar-refractivity contribution < 1.29 is 23.9 Å². The minimum Gasteiger partial charge on any atom is -0.810 e. The van der Waals surface area contributed by atoms with Gasteiger partial charge >= 0.3 is 0 Å². The van der Waals surface area contributed by atoms with E-state index < -0.39 is 13.8 Å². The predicted octanol–water partition coefficient (Wildman–Crippen LogP) is 0.878. The minimum atomic E-state index is -4.39. The first-order valence-electron chi connectivity index (χ1n) is 7.02. The summed E-state index contributed by atoms with van der Waals surface area (Å²) in [6.45, 7) is 0. The molecule has 6 heteroatoms. The highest BCUT2D eigenvalue weighted by Crippen LogP contribution is 2.28. The van der Waals surface area contributed by atoms with E-state index in [9.17, 15) is 14.4 Å². The normalized spacial score (nSPS) is 10.5. The maximum Gasteiger partial charge on any atom is 0.222 e. The Bertz CT molecular complexity index is 709. The minimum absolute atomic E-state index is 0.395. The largest absolute Gasteiger partial charge is 0.810 e. The fourth-order valence-corrected chi connectivity index (χ4v) is 2.59. The SMILES string of the molecule is O=P([O-])([O-])Cc1ccccc1.c1cc[n+](-c2cc[nH+]cc2)cc1. The molecule has 0 saturated carbocycles. The van der Waals surface area contributed by atoms with Gasteiger partial charge in [-0.2, -0.15) is 4.57 Å². The lowest BCUT2D eigenvalue weighted by molar-refractivity contribution is -0.596. The van der Waals surface area contributed by atoms with Crippen LogP contribution in [0, 0.1) is 0 Å². The number of benzene rings is 1. The van der Waals surface area contributed by atoms with Crippen molar-refractivity contribution in [1.29, 1.82) is 0 Å². The topological polar surface area (TPSA) is 81.2 Å². The first-order chi connectivity index (χ1) is 11.0. The number of rotatable bonds is 3. The number of pyridine rings is 2. The van der Waals surface area contributed by atoms with Gasteiger partial charge < -0.3 is 14.4 Å². The van der Waals surface area contributed by atoms with Crippen LogP contribution in [0.3, 0.4) is 0 Å². The molecule has 0 atom stereocenters. The first kappa shape index (κ1) is 17.0. The Morgan fingerprint density at radius 3 is 2.00 bits per heavy atom. The van der Waals surface area contributed by atoms with Crippen molar-refractivity contribution >= 4 is 7.60 Å². The summed E-state index contributed by atoms with van der Waals surface area (Å²) in [7, 11) is -4.39. The van der Waals surface area contributed by atoms with Crippen LogP contribution in [0.2, 0.25) is 0 Å². The molecule has 0 fully saturated rings. The number of hydrogen-bond donors (Lipinski definition) is 0. The molecule has 0 saturated heterocycles. The van der Waals surface area contributed by atoms with Gasteiger partial charge in [-0.1, -0.05) is 44.0 Å². The Labute approximate surface area is 135 Å². The van der Waals surface area contributed by atoms with Crippen LogP contribution in [0.4, 0.5) is 0 Å². The van der Waals surface area contributed by atoms with Gasteiger partial charge in [0.05, 0.1) is 12.1 Å². The molecule has 0 spiro atoms. The first-order valence-corrected chi connectivity index (χ1v) is 8.75. The van der Waals surface area contributed by atoms with Crippen LogP contribution in [0.15, 0.2) is 85.5 Å². The molecule has 0 aliphatic heterocycles. The Morgan fingerprint density at radius 1 is 0.870 bits per heavy atom. The van der Waals surface area contributed by atoms with Crippen molar-refractivity contribution in [3.63, 3.8) is 0 Å². The summed E-state index contributed by atoms with van der Waals surface area (Å²) in [6, 6.07) is 18.5. The molecule has 118 valence electrons. The van der Waals surface area contributed by atoms with Crippen LogP contribution in [-0.4, -0.2) is 0 Å². The third kappa shape index (κ3) is 6.53. The Balaban J connectivity index is 0.000000168. The summed E-state index contributed by atoms with van der Waals surface area (Å²) < 4.78 is 12.3. The van der Waals surface area contributed by atoms with Crippen molar-refractivity contribution in [2.45, 2.75) is 6.16 Å². The lowest BCUT2D eigenvalue weighted by atomic mass is 10.2. The van der Waals surface area contributed by atoms with Gasteiger partial charge in [-0.15, -0.1) is 0 Å². The summed E-state index contributed by atoms with van der Waals surface area (Å²) in [6.07, 6.45) is 7.48. The van der Waals surface area contributed by atoms with E-state index in [1.807, 2.05) is 55.1 Å². The molecule has 2 heterocycles. The fourth-order valence-electron chi connectivity index (χ4n) is 1.93. The van der Waals surface area contributed by atoms with E-state index in [4.69, 9.17) is 0 Å². The second-order valence-electron chi connectivity index (χ2n) is 4.80. The summed E-state index contributed by atoms with van der Waals surface area (Å²) in [5.74, 6) is 0. The molecule has 0 aliphatic carbocycles. The van der Waals surface area contributed by atoms with E-state index >= 15 is 0 Å². The predicted molar refractivity (Wildman–Crippen MR) is 82.3 cm³/mol. The smallest absolute Gasteiger partial charge is 0.222 e. The Hall–Kier alpha value is -2.33. The van der Waals surface area contributed by atoms with Crippen LogP contribution in [0.5, 0.6) is 0 Å². The van der Waals surface area contributed by atoms with E-state index in [0.717, 1.165) is 5.69 Å². The molecule has 0 radical (unpaired) electrons. The molecule has 0 unspecified atom stereocenters. The Kier molecular flexibility index (Phi) is 6.18. The van der Waals surface area contributed by atoms with Crippen LogP contribution >= 0.6 is 7.60 Å². The van der Waals surface area contributed by atoms with Gasteiger partial charge in [0, 0.05) is 18.3 Å². The zero-order chi connectivity index (χ0) is 16.5. The van der Waals surface area contributed by atoms with Gasteiger partial charge in [-0.25, -0.2) is 4.98 Å². The number of hydrogen-bond acceptors (Lipinski definition) is 3. The molecular formula is C17H17N2O3P. The maximum atomic E-state index is 10.3. The molecule has 0 amide bonds. The van der Waals surface area contributed by atoms with Crippen LogP contribution in [-0.2, 0) is 10.7 Å². The van der Waals surface area contributed by atoms with Crippen molar-refractivity contribution in [2.24, 2.45) is 0 Å². The van der Waals surface area contributed by atoms with E-state index in [-0.39, 0.29) is 0 Å². The highest BCUT2D eigenvalue weighted by Gasteiger charge is 2.02. The van der Waals surface area contributed by atoms with E-state index in [2.05, 4.69) is 9.55 Å². The summed E-state index contributed by atoms with van der Waals surface area (Å²) in [5, 5.41) is 0. The zero-order valence-electron chi connectivity index (χ0n) is 12.4. The number of aromatic amines is 1. The van der Waals surface area contributed by atoms with Crippen molar-refractivity contribution in [1.82, 2.24) is 0 Å². The lowest BCUT2D eigenvalue weighted by Crippen LogP contribution is -2.29. The summed E-state index contributed by atoms with van der Waals surface area (Å²) in [5.41, 5.74) is 1.70. The molecule has 23 heavy (non-hydrogen) atoms. The van der Waals surface area contributed by atoms with Crippen molar-refractivity contribution in [3.05, 3.63) is 91.0 Å². The molecule has 3 rings (SSSR count). The van der Waals surface area contributed by atoms with Gasteiger partial charge in [-0.3, -0.25) is 0 Å². The Morgan fingerprint density at radius 2 is 1.43 bits per heavy atom. The fraction of sp³-hybridized carbons (Fsp3) is 0.0588. The lowest BCUT2D eigenvalue weighted by Gasteiger charge is -2.29. The number of H-pyrrole nitrogens is 1. The quantitative estimate of drug-likeness (QED) is 0.529. The van der Waals surface area contributed by atoms with Gasteiger partial charge in [0.1, 0.15) is 0 Å². The summed E-state index contributed by atoms with van der Waals surface area (Å²) in [4.78, 5) is 23.5. The monoisotopic (exact) mass is 328 g/mol. The average Bonchev–Trinajstić information content (AvgIpc) is 2.56. The van der Waals surface area contributed by atoms with E-state index in [1.54, 1.807) is 30.3 Å². The second kappa shape index (κ2) is 8.34. The van der Waals surface area contributed by atoms with Gasteiger partial charge in [0.2, 0.25) is 5.69 Å². The second-order valence-corrected chi connectivity index (χ2v) is 6.33. The summed E-state index contributed by atoms with van der Waals surface area (Å²) >= 11 is 0. The zero-order valence-corrected chi connectivity index (χ0v) is 13.3. The molecule has 0 bridgehead atoms. The highest BCUT2D eigenvalue weighted by atomic mass is 31.2. The van der Waals surface area contributed by atoms with Gasteiger partial charge in [0.25, 0.3) is 0 Å². The highest BCUT2D eigenvalue weighted by molar-refractivity contribution is 7.47. The molecule has 5 nitrogen and oxygen atoms in total. The molecule has 3 aromatic rings. The number of aromatic nitrogens is 2. The number of nitrogens with zero attached hydrogens (tertiary/aromatic N) is 1. The van der Waals surface area contributed by atoms with Crippen molar-refractivity contribution in [2.75, 3.05) is 0 Å². The third-order valence-electron chi connectivity index (χ3n) is 2.93. The van der Waals surface area contributed by atoms with Gasteiger partial charge in [0.15, 0.2) is 24.8 Å². The molecule has 0 aliphatic rings. The van der Waals surface area contributed by atoms with Crippen LogP contribution in [0.25, 0.3) is 5.69 Å². The molecular weight excluding hydrogens is 311 g/mol. The number of nitrogens with one attached hydrogen (secondary N) is 1. The standard InChI is InChI=1S/C10H9N2.C7H9O3P/c1-2-8-12(9-3-1)10-4-6-11-7-5-10;8-11(9,10)6-7-4-2-1-3-5-7/h1-9H;1-5H,6H2,(H2,8,9,10)/q+1;/p-1. The molecule has 2 aromatic heterocycles. The average molecular weight is 328 g/mol. The molecule has 1 N–H and O–H groups in total.